The Kier molecular flexibility index (Phi) is 4.29. The largest absolute Gasteiger partial charge is 0.486 e. The summed E-state index contributed by atoms with van der Waals surface area (Å²) in [5.74, 6) is 0.646. The number of carbonyl (C=O) groups is 1. The van der Waals surface area contributed by atoms with E-state index in [2.05, 4.69) is 6.58 Å². The number of aryl methyl sites for hydroxylation is 1. The van der Waals surface area contributed by atoms with Crippen LogP contribution >= 0.6 is 0 Å². The molecule has 0 aromatic heterocycles. The maximum atomic E-state index is 11.4. The van der Waals surface area contributed by atoms with E-state index in [1.54, 1.807) is 0 Å². The van der Waals surface area contributed by atoms with Gasteiger partial charge in [-0.3, -0.25) is 4.79 Å². The molecular formula is C14H18O2. The van der Waals surface area contributed by atoms with E-state index in [9.17, 15) is 4.79 Å². The van der Waals surface area contributed by atoms with Crippen LogP contribution in [0.1, 0.15) is 25.0 Å². The van der Waals surface area contributed by atoms with E-state index >= 15 is 0 Å². The molecule has 0 saturated heterocycles. The number of hydrogen-bond acceptors (Lipinski definition) is 2. The molecule has 0 aliphatic heterocycles. The van der Waals surface area contributed by atoms with Gasteiger partial charge in [-0.2, -0.15) is 0 Å². The number of ether oxygens (including phenoxy) is 1. The predicted molar refractivity (Wildman–Crippen MR) is 66.0 cm³/mol. The number of carbonyl (C=O) groups excluding carboxylic acids is 1. The van der Waals surface area contributed by atoms with Crippen molar-refractivity contribution in [3.63, 3.8) is 0 Å². The summed E-state index contributed by atoms with van der Waals surface area (Å²) in [7, 11) is 0. The summed E-state index contributed by atoms with van der Waals surface area (Å²) < 4.78 is 5.35. The maximum Gasteiger partial charge on any atom is 0.172 e. The van der Waals surface area contributed by atoms with Gasteiger partial charge in [0.2, 0.25) is 0 Å². The van der Waals surface area contributed by atoms with Crippen LogP contribution < -0.4 is 0 Å². The molecule has 0 amide bonds. The first-order valence-corrected chi connectivity index (χ1v) is 5.42. The van der Waals surface area contributed by atoms with E-state index in [-0.39, 0.29) is 18.3 Å². The van der Waals surface area contributed by atoms with Crippen LogP contribution in [0.2, 0.25) is 0 Å². The fraction of sp³-hybridized carbons (Fsp3) is 0.357. The van der Waals surface area contributed by atoms with Crippen LogP contribution in [0.15, 0.2) is 30.8 Å². The lowest BCUT2D eigenvalue weighted by molar-refractivity contribution is -0.124. The third-order valence-corrected chi connectivity index (χ3v) is 2.41. The third-order valence-electron chi connectivity index (χ3n) is 2.41. The lowest BCUT2D eigenvalue weighted by Crippen LogP contribution is -2.14. The normalized spacial score (nSPS) is 10.2. The highest BCUT2D eigenvalue weighted by Crippen LogP contribution is 2.14. The molecule has 0 atom stereocenters. The number of rotatable bonds is 5. The summed E-state index contributed by atoms with van der Waals surface area (Å²) in [6.07, 6.45) is 0. The van der Waals surface area contributed by atoms with Gasteiger partial charge in [0.25, 0.3) is 0 Å². The number of Topliss-reactive ketones (excluding diaryl/α,β-unsaturated/α-hetero) is 1. The van der Waals surface area contributed by atoms with Crippen molar-refractivity contribution in [2.45, 2.75) is 20.8 Å². The highest BCUT2D eigenvalue weighted by molar-refractivity contribution is 5.82. The Morgan fingerprint density at radius 2 is 1.88 bits per heavy atom. The molecule has 86 valence electrons. The van der Waals surface area contributed by atoms with E-state index in [4.69, 9.17) is 4.74 Å². The molecule has 0 N–H and O–H groups in total. The molecule has 16 heavy (non-hydrogen) atoms. The van der Waals surface area contributed by atoms with Gasteiger partial charge >= 0.3 is 0 Å². The van der Waals surface area contributed by atoms with Crippen LogP contribution in [0.5, 0.6) is 0 Å². The van der Waals surface area contributed by atoms with Gasteiger partial charge in [-0.05, 0) is 6.92 Å². The van der Waals surface area contributed by atoms with Crippen molar-refractivity contribution in [1.29, 1.82) is 0 Å². The van der Waals surface area contributed by atoms with Crippen LogP contribution in [-0.2, 0) is 9.53 Å². The maximum absolute atomic E-state index is 11.4. The third kappa shape index (κ3) is 3.54. The second-order valence-electron chi connectivity index (χ2n) is 4.20. The van der Waals surface area contributed by atoms with E-state index < -0.39 is 0 Å². The van der Waals surface area contributed by atoms with Crippen molar-refractivity contribution >= 4 is 11.5 Å². The molecule has 1 rings (SSSR count). The Morgan fingerprint density at radius 3 is 2.38 bits per heavy atom. The van der Waals surface area contributed by atoms with Gasteiger partial charge in [0.15, 0.2) is 5.78 Å². The van der Waals surface area contributed by atoms with Crippen molar-refractivity contribution < 1.29 is 9.53 Å². The van der Waals surface area contributed by atoms with Gasteiger partial charge < -0.3 is 4.74 Å². The zero-order chi connectivity index (χ0) is 12.1. The van der Waals surface area contributed by atoms with Crippen LogP contribution in [0.3, 0.4) is 0 Å². The van der Waals surface area contributed by atoms with Gasteiger partial charge in [-0.25, -0.2) is 0 Å². The van der Waals surface area contributed by atoms with E-state index in [1.807, 2.05) is 45.0 Å². The molecule has 0 fully saturated rings. The minimum Gasteiger partial charge on any atom is -0.486 e. The molecule has 0 spiro atoms. The monoisotopic (exact) mass is 218 g/mol. The summed E-state index contributed by atoms with van der Waals surface area (Å²) in [5, 5.41) is 0. The van der Waals surface area contributed by atoms with E-state index in [0.717, 1.165) is 5.56 Å². The standard InChI is InChI=1S/C14H18O2/c1-10(2)14(15)9-16-12(4)13-7-5-11(3)6-8-13/h5-8,10H,4,9H2,1-3H3. The minimum atomic E-state index is 0.00539. The predicted octanol–water partition coefficient (Wildman–Crippen LogP) is 3.21. The Labute approximate surface area is 96.9 Å². The van der Waals surface area contributed by atoms with Crippen molar-refractivity contribution in [3.8, 4) is 0 Å². The summed E-state index contributed by atoms with van der Waals surface area (Å²) in [5.41, 5.74) is 2.11. The Bertz CT molecular complexity index is 374. The van der Waals surface area contributed by atoms with Crippen molar-refractivity contribution in [3.05, 3.63) is 42.0 Å². The van der Waals surface area contributed by atoms with E-state index in [0.29, 0.717) is 5.76 Å². The van der Waals surface area contributed by atoms with Gasteiger partial charge in [0.1, 0.15) is 12.4 Å². The van der Waals surface area contributed by atoms with Crippen LogP contribution in [0.4, 0.5) is 0 Å². The molecule has 0 heterocycles. The van der Waals surface area contributed by atoms with Gasteiger partial charge in [-0.1, -0.05) is 50.3 Å². The molecule has 1 aromatic carbocycles. The summed E-state index contributed by atoms with van der Waals surface area (Å²) in [6, 6.07) is 7.87. The first kappa shape index (κ1) is 12.5. The van der Waals surface area contributed by atoms with Crippen molar-refractivity contribution in [1.82, 2.24) is 0 Å². The van der Waals surface area contributed by atoms with Gasteiger partial charge in [0, 0.05) is 11.5 Å². The molecule has 1 aromatic rings. The summed E-state index contributed by atoms with van der Waals surface area (Å²) >= 11 is 0. The Hall–Kier alpha value is -1.57. The average Bonchev–Trinajstić information content (AvgIpc) is 2.26. The highest BCUT2D eigenvalue weighted by Gasteiger charge is 2.08. The SMILES string of the molecule is C=C(OCC(=O)C(C)C)c1ccc(C)cc1. The van der Waals surface area contributed by atoms with Crippen LogP contribution in [-0.4, -0.2) is 12.4 Å². The molecule has 0 aliphatic carbocycles. The van der Waals surface area contributed by atoms with Gasteiger partial charge in [-0.15, -0.1) is 0 Å². The first-order valence-electron chi connectivity index (χ1n) is 5.42. The zero-order valence-corrected chi connectivity index (χ0v) is 10.1. The molecule has 2 nitrogen and oxygen atoms in total. The Balaban J connectivity index is 2.53. The quantitative estimate of drug-likeness (QED) is 0.709. The van der Waals surface area contributed by atoms with Crippen LogP contribution in [0, 0.1) is 12.8 Å². The fourth-order valence-corrected chi connectivity index (χ4v) is 1.15. The molecule has 0 saturated carbocycles. The second-order valence-corrected chi connectivity index (χ2v) is 4.20. The van der Waals surface area contributed by atoms with E-state index in [1.165, 1.54) is 5.56 Å². The number of hydrogen-bond donors (Lipinski definition) is 0. The average molecular weight is 218 g/mol. The molecular weight excluding hydrogens is 200 g/mol. The minimum absolute atomic E-state index is 0.00539. The highest BCUT2D eigenvalue weighted by atomic mass is 16.5. The summed E-state index contributed by atoms with van der Waals surface area (Å²) in [6.45, 7) is 9.66. The number of benzene rings is 1. The topological polar surface area (TPSA) is 26.3 Å². The zero-order valence-electron chi connectivity index (χ0n) is 10.1. The lowest BCUT2D eigenvalue weighted by atomic mass is 10.1. The molecule has 0 bridgehead atoms. The number of ketones is 1. The second kappa shape index (κ2) is 5.50. The fourth-order valence-electron chi connectivity index (χ4n) is 1.15. The van der Waals surface area contributed by atoms with Gasteiger partial charge in [0.05, 0.1) is 0 Å². The first-order chi connectivity index (χ1) is 7.50. The molecule has 0 aliphatic rings. The molecule has 0 unspecified atom stereocenters. The Morgan fingerprint density at radius 1 is 1.31 bits per heavy atom. The van der Waals surface area contributed by atoms with Crippen LogP contribution in [0.25, 0.3) is 5.76 Å². The molecule has 0 radical (unpaired) electrons. The smallest absolute Gasteiger partial charge is 0.172 e. The molecule has 2 heteroatoms. The van der Waals surface area contributed by atoms with Crippen molar-refractivity contribution in [2.75, 3.05) is 6.61 Å². The van der Waals surface area contributed by atoms with Crippen molar-refractivity contribution in [2.24, 2.45) is 5.92 Å². The summed E-state index contributed by atoms with van der Waals surface area (Å²) in [4.78, 5) is 11.4. The lowest BCUT2D eigenvalue weighted by Gasteiger charge is -2.10.